The molecule has 0 fully saturated rings. The van der Waals surface area contributed by atoms with E-state index in [9.17, 15) is 0 Å². The second-order valence-corrected chi connectivity index (χ2v) is 5.17. The molecule has 0 bridgehead atoms. The lowest BCUT2D eigenvalue weighted by atomic mass is 10.1. The highest BCUT2D eigenvalue weighted by Crippen LogP contribution is 2.27. The van der Waals surface area contributed by atoms with Gasteiger partial charge in [0.05, 0.1) is 10.7 Å². The maximum Gasteiger partial charge on any atom is 0.198 e. The predicted octanol–water partition coefficient (Wildman–Crippen LogP) is 3.18. The highest BCUT2D eigenvalue weighted by atomic mass is 35.5. The van der Waals surface area contributed by atoms with Crippen molar-refractivity contribution in [2.24, 2.45) is 0 Å². The van der Waals surface area contributed by atoms with Crippen LogP contribution in [0.1, 0.15) is 11.3 Å². The summed E-state index contributed by atoms with van der Waals surface area (Å²) in [6.45, 7) is 1.73. The van der Waals surface area contributed by atoms with Crippen LogP contribution in [0, 0.1) is 4.77 Å². The molecule has 0 aliphatic carbocycles. The van der Waals surface area contributed by atoms with E-state index in [1.165, 1.54) is 0 Å². The molecule has 0 saturated heterocycles. The zero-order valence-electron chi connectivity index (χ0n) is 10.2. The molecular formula is C13H13ClN4S. The Balaban J connectivity index is 2.03. The summed E-state index contributed by atoms with van der Waals surface area (Å²) in [6, 6.07) is 7.60. The van der Waals surface area contributed by atoms with Crippen molar-refractivity contribution in [3.63, 3.8) is 0 Å². The van der Waals surface area contributed by atoms with Gasteiger partial charge in [0.15, 0.2) is 4.77 Å². The van der Waals surface area contributed by atoms with Crippen LogP contribution >= 0.6 is 23.8 Å². The molecule has 3 N–H and O–H groups in total. The smallest absolute Gasteiger partial charge is 0.198 e. The van der Waals surface area contributed by atoms with Crippen molar-refractivity contribution in [1.29, 1.82) is 0 Å². The number of fused-ring (bicyclic) bond motifs is 1. The number of H-pyrrole nitrogens is 1. The second kappa shape index (κ2) is 5.28. The van der Waals surface area contributed by atoms with Gasteiger partial charge in [-0.1, -0.05) is 23.7 Å². The van der Waals surface area contributed by atoms with E-state index in [2.05, 4.69) is 20.6 Å². The summed E-state index contributed by atoms with van der Waals surface area (Å²) in [6.07, 6.45) is 0.929. The second-order valence-electron chi connectivity index (χ2n) is 4.38. The molecule has 1 aliphatic rings. The molecule has 0 amide bonds. The van der Waals surface area contributed by atoms with Crippen LogP contribution in [0.2, 0.25) is 5.02 Å². The largest absolute Gasteiger partial charge is 0.339 e. The van der Waals surface area contributed by atoms with E-state index in [0.717, 1.165) is 42.3 Å². The summed E-state index contributed by atoms with van der Waals surface area (Å²) in [5.41, 5.74) is 3.11. The van der Waals surface area contributed by atoms with Crippen molar-refractivity contribution >= 4 is 35.3 Å². The lowest BCUT2D eigenvalue weighted by Crippen LogP contribution is -2.26. The fraction of sp³-hybridized carbons (Fsp3) is 0.231. The Kier molecular flexibility index (Phi) is 3.50. The van der Waals surface area contributed by atoms with Crippen LogP contribution in [-0.2, 0) is 13.0 Å². The minimum atomic E-state index is 0.496. The van der Waals surface area contributed by atoms with Crippen molar-refractivity contribution in [3.8, 4) is 0 Å². The van der Waals surface area contributed by atoms with E-state index >= 15 is 0 Å². The first-order chi connectivity index (χ1) is 9.24. The molecule has 19 heavy (non-hydrogen) atoms. The molecule has 2 aromatic rings. The summed E-state index contributed by atoms with van der Waals surface area (Å²) in [5.74, 6) is 0.777. The van der Waals surface area contributed by atoms with E-state index in [1.807, 2.05) is 24.3 Å². The van der Waals surface area contributed by atoms with Gasteiger partial charge in [-0.15, -0.1) is 0 Å². The number of aromatic amines is 1. The number of nitrogens with one attached hydrogen (secondary N) is 3. The number of rotatable bonds is 2. The molecule has 0 saturated carbocycles. The number of anilines is 2. The molecule has 0 atom stereocenters. The Bertz CT molecular complexity index is 668. The minimum absolute atomic E-state index is 0.496. The normalized spacial score (nSPS) is 13.9. The average Bonchev–Trinajstić information content (AvgIpc) is 2.41. The number of benzene rings is 1. The monoisotopic (exact) mass is 292 g/mol. The fourth-order valence-electron chi connectivity index (χ4n) is 2.17. The Morgan fingerprint density at radius 1 is 1.32 bits per heavy atom. The first kappa shape index (κ1) is 12.6. The number of hydrogen-bond acceptors (Lipinski definition) is 4. The SMILES string of the molecule is S=c1nc(Nc2ccccc2Cl)c2c([nH]1)CCNC2. The third-order valence-corrected chi connectivity index (χ3v) is 3.62. The van der Waals surface area contributed by atoms with E-state index in [1.54, 1.807) is 0 Å². The third-order valence-electron chi connectivity index (χ3n) is 3.10. The van der Waals surface area contributed by atoms with Gasteiger partial charge in [-0.25, -0.2) is 4.98 Å². The van der Waals surface area contributed by atoms with Crippen molar-refractivity contribution in [1.82, 2.24) is 15.3 Å². The zero-order valence-corrected chi connectivity index (χ0v) is 11.7. The molecule has 0 unspecified atom stereocenters. The highest BCUT2D eigenvalue weighted by Gasteiger charge is 2.15. The summed E-state index contributed by atoms with van der Waals surface area (Å²) < 4.78 is 0.496. The molecular weight excluding hydrogens is 280 g/mol. The van der Waals surface area contributed by atoms with Crippen LogP contribution < -0.4 is 10.6 Å². The van der Waals surface area contributed by atoms with Gasteiger partial charge in [-0.05, 0) is 24.4 Å². The molecule has 98 valence electrons. The topological polar surface area (TPSA) is 52.7 Å². The number of hydrogen-bond donors (Lipinski definition) is 3. The Hall–Kier alpha value is -1.43. The summed E-state index contributed by atoms with van der Waals surface area (Å²) in [5, 5.41) is 7.27. The van der Waals surface area contributed by atoms with Crippen LogP contribution in [0.3, 0.4) is 0 Å². The van der Waals surface area contributed by atoms with Gasteiger partial charge in [0, 0.05) is 30.8 Å². The predicted molar refractivity (Wildman–Crippen MR) is 79.6 cm³/mol. The average molecular weight is 293 g/mol. The Morgan fingerprint density at radius 2 is 2.16 bits per heavy atom. The number of nitrogens with zero attached hydrogens (tertiary/aromatic N) is 1. The van der Waals surface area contributed by atoms with Crippen LogP contribution in [-0.4, -0.2) is 16.5 Å². The van der Waals surface area contributed by atoms with Crippen LogP contribution in [0.5, 0.6) is 0 Å². The standard InChI is InChI=1S/C13H13ClN4S/c14-9-3-1-2-4-11(9)16-12-8-7-15-6-5-10(8)17-13(19)18-12/h1-4,15H,5-7H2,(H2,16,17,18,19). The quantitative estimate of drug-likeness (QED) is 0.744. The van der Waals surface area contributed by atoms with Gasteiger partial charge in [-0.3, -0.25) is 0 Å². The molecule has 0 spiro atoms. The van der Waals surface area contributed by atoms with Gasteiger partial charge in [0.25, 0.3) is 0 Å². The van der Waals surface area contributed by atoms with E-state index in [-0.39, 0.29) is 0 Å². The number of halogens is 1. The van der Waals surface area contributed by atoms with Crippen molar-refractivity contribution in [2.45, 2.75) is 13.0 Å². The molecule has 1 aromatic carbocycles. The maximum atomic E-state index is 6.16. The Morgan fingerprint density at radius 3 is 3.00 bits per heavy atom. The summed E-state index contributed by atoms with van der Waals surface area (Å²) >= 11 is 11.3. The van der Waals surface area contributed by atoms with Crippen LogP contribution in [0.25, 0.3) is 0 Å². The lowest BCUT2D eigenvalue weighted by molar-refractivity contribution is 0.626. The number of aromatic nitrogens is 2. The molecule has 1 aromatic heterocycles. The molecule has 3 rings (SSSR count). The maximum absolute atomic E-state index is 6.16. The molecule has 6 heteroatoms. The van der Waals surface area contributed by atoms with Gasteiger partial charge in [0.2, 0.25) is 0 Å². The minimum Gasteiger partial charge on any atom is -0.339 e. The van der Waals surface area contributed by atoms with Crippen molar-refractivity contribution in [2.75, 3.05) is 11.9 Å². The van der Waals surface area contributed by atoms with Crippen LogP contribution in [0.4, 0.5) is 11.5 Å². The number of para-hydroxylation sites is 1. The van der Waals surface area contributed by atoms with Gasteiger partial charge < -0.3 is 15.6 Å². The molecule has 4 nitrogen and oxygen atoms in total. The zero-order chi connectivity index (χ0) is 13.2. The van der Waals surface area contributed by atoms with Gasteiger partial charge in [-0.2, -0.15) is 0 Å². The molecule has 2 heterocycles. The van der Waals surface area contributed by atoms with E-state index < -0.39 is 0 Å². The van der Waals surface area contributed by atoms with Gasteiger partial charge >= 0.3 is 0 Å². The first-order valence-electron chi connectivity index (χ1n) is 6.08. The molecule has 1 aliphatic heterocycles. The first-order valence-corrected chi connectivity index (χ1v) is 6.87. The summed E-state index contributed by atoms with van der Waals surface area (Å²) in [4.78, 5) is 7.53. The summed E-state index contributed by atoms with van der Waals surface area (Å²) in [7, 11) is 0. The van der Waals surface area contributed by atoms with Gasteiger partial charge in [0.1, 0.15) is 5.82 Å². The van der Waals surface area contributed by atoms with Crippen LogP contribution in [0.15, 0.2) is 24.3 Å². The highest BCUT2D eigenvalue weighted by molar-refractivity contribution is 7.71. The fourth-order valence-corrected chi connectivity index (χ4v) is 2.57. The Labute approximate surface area is 121 Å². The van der Waals surface area contributed by atoms with E-state index in [4.69, 9.17) is 23.8 Å². The molecule has 0 radical (unpaired) electrons. The van der Waals surface area contributed by atoms with Crippen molar-refractivity contribution in [3.05, 3.63) is 45.3 Å². The van der Waals surface area contributed by atoms with E-state index in [0.29, 0.717) is 9.79 Å². The van der Waals surface area contributed by atoms with Crippen molar-refractivity contribution < 1.29 is 0 Å². The lowest BCUT2D eigenvalue weighted by Gasteiger charge is -2.20. The third kappa shape index (κ3) is 2.63.